The molecule has 1 N–H and O–H groups in total. The number of hydrogen-bond donors (Lipinski definition) is 1. The van der Waals surface area contributed by atoms with Crippen molar-refractivity contribution >= 4 is 10.0 Å². The van der Waals surface area contributed by atoms with E-state index in [0.29, 0.717) is 36.4 Å². The van der Waals surface area contributed by atoms with Gasteiger partial charge in [0.25, 0.3) is 0 Å². The molecule has 0 radical (unpaired) electrons. The largest absolute Gasteiger partial charge is 0.360 e. The summed E-state index contributed by atoms with van der Waals surface area (Å²) in [5.74, 6) is 1.22. The number of nitrogens with one attached hydrogen (secondary N) is 1. The smallest absolute Gasteiger partial charge is 0.248 e. The monoisotopic (exact) mass is 285 g/mol. The molecule has 0 saturated carbocycles. The van der Waals surface area contributed by atoms with Gasteiger partial charge in [-0.05, 0) is 45.2 Å². The summed E-state index contributed by atoms with van der Waals surface area (Å²) in [6.07, 6.45) is 1.13. The lowest BCUT2D eigenvalue weighted by Gasteiger charge is -2.40. The van der Waals surface area contributed by atoms with Crippen molar-refractivity contribution in [2.24, 2.45) is 11.8 Å². The van der Waals surface area contributed by atoms with Crippen LogP contribution < -0.4 is 5.32 Å². The third kappa shape index (κ3) is 2.19. The van der Waals surface area contributed by atoms with Gasteiger partial charge in [-0.2, -0.15) is 4.31 Å². The minimum Gasteiger partial charge on any atom is -0.360 e. The van der Waals surface area contributed by atoms with E-state index < -0.39 is 10.0 Å². The molecule has 1 aromatic rings. The average molecular weight is 285 g/mol. The lowest BCUT2D eigenvalue weighted by molar-refractivity contribution is 0.158. The lowest BCUT2D eigenvalue weighted by atomic mass is 9.87. The van der Waals surface area contributed by atoms with Crippen LogP contribution in [0.15, 0.2) is 9.42 Å². The SMILES string of the molecule is Cc1noc(C)c1S(=O)(=O)N1CC2CNCC(C2)C1. The van der Waals surface area contributed by atoms with Gasteiger partial charge >= 0.3 is 0 Å². The average Bonchev–Trinajstić information content (AvgIpc) is 2.69. The van der Waals surface area contributed by atoms with Gasteiger partial charge in [0.15, 0.2) is 5.76 Å². The van der Waals surface area contributed by atoms with E-state index in [-0.39, 0.29) is 4.90 Å². The number of aromatic nitrogens is 1. The Hall–Kier alpha value is -0.920. The molecule has 0 aromatic carbocycles. The minimum atomic E-state index is -3.47. The Balaban J connectivity index is 1.93. The molecule has 0 spiro atoms. The molecule has 0 amide bonds. The number of fused-ring (bicyclic) bond motifs is 2. The number of piperidine rings is 2. The fourth-order valence-electron chi connectivity index (χ4n) is 3.23. The third-order valence-corrected chi connectivity index (χ3v) is 6.10. The number of hydrogen-bond acceptors (Lipinski definition) is 5. The van der Waals surface area contributed by atoms with E-state index >= 15 is 0 Å². The molecule has 2 fully saturated rings. The van der Waals surface area contributed by atoms with E-state index in [2.05, 4.69) is 10.5 Å². The van der Waals surface area contributed by atoms with Gasteiger partial charge in [-0.1, -0.05) is 5.16 Å². The van der Waals surface area contributed by atoms with E-state index in [1.54, 1.807) is 18.2 Å². The maximum atomic E-state index is 12.7. The summed E-state index contributed by atoms with van der Waals surface area (Å²) in [6.45, 7) is 6.33. The lowest BCUT2D eigenvalue weighted by Crippen LogP contribution is -2.52. The summed E-state index contributed by atoms with van der Waals surface area (Å²) < 4.78 is 32.1. The molecule has 2 saturated heterocycles. The highest BCUT2D eigenvalue weighted by Crippen LogP contribution is 2.30. The quantitative estimate of drug-likeness (QED) is 0.857. The third-order valence-electron chi connectivity index (χ3n) is 4.02. The van der Waals surface area contributed by atoms with Crippen LogP contribution in [0, 0.1) is 25.7 Å². The molecule has 1 aromatic heterocycles. The molecule has 6 nitrogen and oxygen atoms in total. The standard InChI is InChI=1S/C12H19N3O3S/c1-8-12(9(2)18-14-8)19(16,17)15-6-10-3-11(7-15)5-13-4-10/h10-11,13H,3-7H2,1-2H3. The molecule has 2 unspecified atom stereocenters. The number of nitrogens with zero attached hydrogens (tertiary/aromatic N) is 2. The highest BCUT2D eigenvalue weighted by molar-refractivity contribution is 7.89. The first-order valence-corrected chi connectivity index (χ1v) is 8.06. The Bertz CT molecular complexity index is 550. The van der Waals surface area contributed by atoms with Gasteiger partial charge in [0.2, 0.25) is 10.0 Å². The van der Waals surface area contributed by atoms with Crippen LogP contribution in [0.5, 0.6) is 0 Å². The van der Waals surface area contributed by atoms with Crippen molar-refractivity contribution < 1.29 is 12.9 Å². The van der Waals surface area contributed by atoms with Crippen LogP contribution in [0.3, 0.4) is 0 Å². The predicted octanol–water partition coefficient (Wildman–Crippen LogP) is 0.521. The van der Waals surface area contributed by atoms with Crippen molar-refractivity contribution in [1.82, 2.24) is 14.8 Å². The van der Waals surface area contributed by atoms with Gasteiger partial charge in [0, 0.05) is 13.1 Å². The van der Waals surface area contributed by atoms with E-state index in [1.165, 1.54) is 0 Å². The maximum Gasteiger partial charge on any atom is 0.248 e. The van der Waals surface area contributed by atoms with Crippen LogP contribution in [0.1, 0.15) is 17.9 Å². The molecular weight excluding hydrogens is 266 g/mol. The van der Waals surface area contributed by atoms with Crippen molar-refractivity contribution in [2.75, 3.05) is 26.2 Å². The van der Waals surface area contributed by atoms with Crippen LogP contribution in [0.4, 0.5) is 0 Å². The molecule has 2 bridgehead atoms. The van der Waals surface area contributed by atoms with Crippen molar-refractivity contribution in [1.29, 1.82) is 0 Å². The van der Waals surface area contributed by atoms with E-state index in [1.807, 2.05) is 0 Å². The van der Waals surface area contributed by atoms with Crippen molar-refractivity contribution in [3.8, 4) is 0 Å². The molecule has 19 heavy (non-hydrogen) atoms. The number of rotatable bonds is 2. The molecule has 7 heteroatoms. The second-order valence-electron chi connectivity index (χ2n) is 5.60. The fourth-order valence-corrected chi connectivity index (χ4v) is 5.11. The van der Waals surface area contributed by atoms with Crippen LogP contribution in [0.2, 0.25) is 0 Å². The Kier molecular flexibility index (Phi) is 3.15. The number of aryl methyl sites for hydroxylation is 2. The molecule has 3 rings (SSSR count). The zero-order valence-corrected chi connectivity index (χ0v) is 12.0. The molecule has 106 valence electrons. The zero-order valence-electron chi connectivity index (χ0n) is 11.2. The molecular formula is C12H19N3O3S. The van der Waals surface area contributed by atoms with E-state index in [0.717, 1.165) is 19.5 Å². The van der Waals surface area contributed by atoms with Gasteiger partial charge in [-0.25, -0.2) is 8.42 Å². The fraction of sp³-hybridized carbons (Fsp3) is 0.750. The summed E-state index contributed by atoms with van der Waals surface area (Å²) in [6, 6.07) is 0. The van der Waals surface area contributed by atoms with E-state index in [4.69, 9.17) is 4.52 Å². The Morgan fingerprint density at radius 1 is 1.26 bits per heavy atom. The summed E-state index contributed by atoms with van der Waals surface area (Å²) >= 11 is 0. The molecule has 2 aliphatic rings. The van der Waals surface area contributed by atoms with Crippen molar-refractivity contribution in [3.63, 3.8) is 0 Å². The van der Waals surface area contributed by atoms with Crippen LogP contribution >= 0.6 is 0 Å². The van der Waals surface area contributed by atoms with Gasteiger partial charge in [0.1, 0.15) is 10.6 Å². The zero-order chi connectivity index (χ0) is 13.6. The van der Waals surface area contributed by atoms with Crippen molar-refractivity contribution in [3.05, 3.63) is 11.5 Å². The first-order chi connectivity index (χ1) is 8.98. The number of sulfonamides is 1. The molecule has 0 aliphatic carbocycles. The molecule has 2 atom stereocenters. The summed E-state index contributed by atoms with van der Waals surface area (Å²) in [7, 11) is -3.47. The summed E-state index contributed by atoms with van der Waals surface area (Å²) in [5.41, 5.74) is 0.450. The van der Waals surface area contributed by atoms with Crippen LogP contribution in [-0.2, 0) is 10.0 Å². The Labute approximate surface area is 113 Å². The van der Waals surface area contributed by atoms with E-state index in [9.17, 15) is 8.42 Å². The molecule has 3 heterocycles. The Morgan fingerprint density at radius 2 is 1.89 bits per heavy atom. The minimum absolute atomic E-state index is 0.250. The second kappa shape index (κ2) is 4.57. The highest BCUT2D eigenvalue weighted by atomic mass is 32.2. The predicted molar refractivity (Wildman–Crippen MR) is 69.2 cm³/mol. The summed E-state index contributed by atoms with van der Waals surface area (Å²) in [4.78, 5) is 0.250. The van der Waals surface area contributed by atoms with Gasteiger partial charge in [-0.3, -0.25) is 0 Å². The maximum absolute atomic E-state index is 12.7. The molecule has 2 aliphatic heterocycles. The second-order valence-corrected chi connectivity index (χ2v) is 7.48. The summed E-state index contributed by atoms with van der Waals surface area (Å²) in [5, 5.41) is 7.12. The van der Waals surface area contributed by atoms with Crippen LogP contribution in [-0.4, -0.2) is 44.1 Å². The highest BCUT2D eigenvalue weighted by Gasteiger charge is 2.38. The Morgan fingerprint density at radius 3 is 2.42 bits per heavy atom. The van der Waals surface area contributed by atoms with Gasteiger partial charge < -0.3 is 9.84 Å². The van der Waals surface area contributed by atoms with Gasteiger partial charge in [-0.15, -0.1) is 0 Å². The first-order valence-electron chi connectivity index (χ1n) is 6.62. The normalized spacial score (nSPS) is 28.5. The first kappa shape index (κ1) is 13.1. The van der Waals surface area contributed by atoms with Crippen molar-refractivity contribution in [2.45, 2.75) is 25.2 Å². The topological polar surface area (TPSA) is 75.4 Å². The van der Waals surface area contributed by atoms with Crippen LogP contribution in [0.25, 0.3) is 0 Å². The van der Waals surface area contributed by atoms with Gasteiger partial charge in [0.05, 0.1) is 0 Å².